The Morgan fingerprint density at radius 2 is 1.44 bits per heavy atom. The maximum Gasteiger partial charge on any atom is 0.309 e. The topological polar surface area (TPSA) is 69.7 Å². The zero-order chi connectivity index (χ0) is 24.2. The fourth-order valence-corrected chi connectivity index (χ4v) is 3.43. The van der Waals surface area contributed by atoms with Gasteiger partial charge in [0.2, 0.25) is 0 Å². The average Bonchev–Trinajstić information content (AvgIpc) is 2.69. The lowest BCUT2D eigenvalue weighted by atomic mass is 10.0. The Bertz CT molecular complexity index is 545. The normalized spacial score (nSPS) is 12.7. The third-order valence-electron chi connectivity index (χ3n) is 5.23. The van der Waals surface area contributed by atoms with Gasteiger partial charge in [-0.05, 0) is 59.3 Å². The average molecular weight is 453 g/mol. The van der Waals surface area contributed by atoms with Crippen LogP contribution >= 0.6 is 0 Å². The number of allylic oxidation sites excluding steroid dienone is 2. The highest BCUT2D eigenvalue weighted by Crippen LogP contribution is 2.18. The molecule has 0 aliphatic rings. The molecule has 0 amide bonds. The highest BCUT2D eigenvalue weighted by atomic mass is 16.6. The summed E-state index contributed by atoms with van der Waals surface area (Å²) in [5.74, 6) is -0.470. The van der Waals surface area contributed by atoms with Gasteiger partial charge in [0.1, 0.15) is 11.4 Å². The molecule has 0 aromatic rings. The number of ether oxygens (including phenoxy) is 2. The van der Waals surface area contributed by atoms with Gasteiger partial charge in [-0.25, -0.2) is 0 Å². The molecule has 0 saturated heterocycles. The van der Waals surface area contributed by atoms with E-state index in [0.717, 1.165) is 51.4 Å². The molecule has 5 nitrogen and oxygen atoms in total. The van der Waals surface area contributed by atoms with Crippen molar-refractivity contribution in [2.45, 2.75) is 130 Å². The molecule has 32 heavy (non-hydrogen) atoms. The molecule has 0 N–H and O–H groups in total. The third-order valence-corrected chi connectivity index (χ3v) is 5.23. The number of carbonyl (C=O) groups excluding carboxylic acids is 3. The van der Waals surface area contributed by atoms with Gasteiger partial charge >= 0.3 is 11.9 Å². The highest BCUT2D eigenvalue weighted by Gasteiger charge is 2.24. The van der Waals surface area contributed by atoms with Gasteiger partial charge in [-0.3, -0.25) is 14.4 Å². The number of ketones is 1. The molecule has 0 aromatic heterocycles. The van der Waals surface area contributed by atoms with Crippen LogP contribution < -0.4 is 0 Å². The van der Waals surface area contributed by atoms with Crippen LogP contribution in [0.25, 0.3) is 0 Å². The largest absolute Gasteiger partial charge is 0.466 e. The van der Waals surface area contributed by atoms with Crippen LogP contribution in [0, 0.1) is 5.92 Å². The maximum absolute atomic E-state index is 12.4. The standard InChI is InChI=1S/C27H48O5/c1-6-7-8-12-16-19-25(29)20-17-14-11-9-10-13-15-18-24(21-22-31-23(2)28)26(30)32-27(3,4)5/h13,15,24H,6-12,14,16-22H2,1-5H3/b15-13+/t24-/m0/s1. The first-order valence-corrected chi connectivity index (χ1v) is 12.7. The van der Waals surface area contributed by atoms with E-state index < -0.39 is 5.60 Å². The van der Waals surface area contributed by atoms with E-state index in [1.807, 2.05) is 26.8 Å². The smallest absolute Gasteiger partial charge is 0.309 e. The molecule has 0 saturated carbocycles. The second-order valence-corrected chi connectivity index (χ2v) is 9.72. The van der Waals surface area contributed by atoms with Crippen LogP contribution in [0.2, 0.25) is 0 Å². The summed E-state index contributed by atoms with van der Waals surface area (Å²) in [4.78, 5) is 35.3. The monoisotopic (exact) mass is 452 g/mol. The quantitative estimate of drug-likeness (QED) is 0.119. The summed E-state index contributed by atoms with van der Waals surface area (Å²) in [6.45, 7) is 9.36. The molecule has 186 valence electrons. The molecular weight excluding hydrogens is 404 g/mol. The minimum absolute atomic E-state index is 0.227. The van der Waals surface area contributed by atoms with E-state index in [4.69, 9.17) is 9.47 Å². The van der Waals surface area contributed by atoms with Crippen LogP contribution in [0.1, 0.15) is 125 Å². The van der Waals surface area contributed by atoms with Crippen molar-refractivity contribution < 1.29 is 23.9 Å². The number of rotatable bonds is 19. The van der Waals surface area contributed by atoms with E-state index in [2.05, 4.69) is 13.0 Å². The Morgan fingerprint density at radius 1 is 0.844 bits per heavy atom. The number of esters is 2. The number of carbonyl (C=O) groups is 3. The number of hydrogen-bond donors (Lipinski definition) is 0. The molecule has 0 unspecified atom stereocenters. The minimum Gasteiger partial charge on any atom is -0.466 e. The van der Waals surface area contributed by atoms with Crippen LogP contribution in [0.15, 0.2) is 12.2 Å². The first-order chi connectivity index (χ1) is 15.2. The summed E-state index contributed by atoms with van der Waals surface area (Å²) in [6, 6.07) is 0. The fraction of sp³-hybridized carbons (Fsp3) is 0.815. The summed E-state index contributed by atoms with van der Waals surface area (Å²) >= 11 is 0. The van der Waals surface area contributed by atoms with E-state index in [-0.39, 0.29) is 24.5 Å². The van der Waals surface area contributed by atoms with E-state index >= 15 is 0 Å². The Kier molecular flexibility index (Phi) is 17.9. The van der Waals surface area contributed by atoms with Crippen LogP contribution in [0.3, 0.4) is 0 Å². The SMILES string of the molecule is CCCCCCCC(=O)CCCCCC/C=C/C[C@@H](CCOC(C)=O)C(=O)OC(C)(C)C. The molecule has 5 heteroatoms. The summed E-state index contributed by atoms with van der Waals surface area (Å²) in [7, 11) is 0. The molecule has 0 aromatic carbocycles. The summed E-state index contributed by atoms with van der Waals surface area (Å²) < 4.78 is 10.5. The van der Waals surface area contributed by atoms with Crippen LogP contribution in [0.4, 0.5) is 0 Å². The van der Waals surface area contributed by atoms with E-state index in [9.17, 15) is 14.4 Å². The third kappa shape index (κ3) is 20.3. The molecule has 0 bridgehead atoms. The fourth-order valence-electron chi connectivity index (χ4n) is 3.43. The molecule has 0 fully saturated rings. The first kappa shape index (κ1) is 30.4. The predicted molar refractivity (Wildman–Crippen MR) is 130 cm³/mol. The number of hydrogen-bond acceptors (Lipinski definition) is 5. The zero-order valence-corrected chi connectivity index (χ0v) is 21.4. The van der Waals surface area contributed by atoms with Crippen molar-refractivity contribution in [1.82, 2.24) is 0 Å². The van der Waals surface area contributed by atoms with Crippen molar-refractivity contribution in [3.8, 4) is 0 Å². The molecular formula is C27H48O5. The Morgan fingerprint density at radius 3 is 2.00 bits per heavy atom. The molecule has 0 radical (unpaired) electrons. The van der Waals surface area contributed by atoms with E-state index in [0.29, 0.717) is 18.6 Å². The van der Waals surface area contributed by atoms with Crippen LogP contribution in [-0.2, 0) is 23.9 Å². The highest BCUT2D eigenvalue weighted by molar-refractivity contribution is 5.78. The van der Waals surface area contributed by atoms with Gasteiger partial charge in [0, 0.05) is 19.8 Å². The summed E-state index contributed by atoms with van der Waals surface area (Å²) in [6.07, 6.45) is 17.9. The number of unbranched alkanes of at least 4 members (excludes halogenated alkanes) is 8. The van der Waals surface area contributed by atoms with Crippen molar-refractivity contribution in [3.05, 3.63) is 12.2 Å². The molecule has 0 aliphatic carbocycles. The van der Waals surface area contributed by atoms with Gasteiger partial charge in [-0.15, -0.1) is 0 Å². The van der Waals surface area contributed by atoms with Gasteiger partial charge in [-0.1, -0.05) is 57.6 Å². The lowest BCUT2D eigenvalue weighted by Crippen LogP contribution is -2.29. The van der Waals surface area contributed by atoms with Gasteiger partial charge in [0.05, 0.1) is 12.5 Å². The Labute approximate surface area is 196 Å². The molecule has 0 aliphatic heterocycles. The lowest BCUT2D eigenvalue weighted by molar-refractivity contribution is -0.161. The van der Waals surface area contributed by atoms with Crippen LogP contribution in [0.5, 0.6) is 0 Å². The van der Waals surface area contributed by atoms with Gasteiger partial charge in [0.25, 0.3) is 0 Å². The summed E-state index contributed by atoms with van der Waals surface area (Å²) in [5.41, 5.74) is -0.531. The predicted octanol–water partition coefficient (Wildman–Crippen LogP) is 7.11. The van der Waals surface area contributed by atoms with Crippen LogP contribution in [-0.4, -0.2) is 29.9 Å². The van der Waals surface area contributed by atoms with Crippen molar-refractivity contribution in [1.29, 1.82) is 0 Å². The van der Waals surface area contributed by atoms with Crippen molar-refractivity contribution >= 4 is 17.7 Å². The maximum atomic E-state index is 12.4. The Hall–Kier alpha value is -1.65. The second kappa shape index (κ2) is 18.9. The molecule has 1 atom stereocenters. The Balaban J connectivity index is 3.99. The van der Waals surface area contributed by atoms with Gasteiger partial charge < -0.3 is 9.47 Å². The second-order valence-electron chi connectivity index (χ2n) is 9.72. The van der Waals surface area contributed by atoms with Gasteiger partial charge in [0.15, 0.2) is 0 Å². The number of Topliss-reactive ketones (excluding diaryl/α,β-unsaturated/α-hetero) is 1. The first-order valence-electron chi connectivity index (χ1n) is 12.7. The zero-order valence-electron chi connectivity index (χ0n) is 21.4. The van der Waals surface area contributed by atoms with Crippen molar-refractivity contribution in [2.24, 2.45) is 5.92 Å². The van der Waals surface area contributed by atoms with Gasteiger partial charge in [-0.2, -0.15) is 0 Å². The van der Waals surface area contributed by atoms with Crippen molar-refractivity contribution in [2.75, 3.05) is 6.61 Å². The van der Waals surface area contributed by atoms with E-state index in [1.54, 1.807) is 0 Å². The lowest BCUT2D eigenvalue weighted by Gasteiger charge is -2.23. The van der Waals surface area contributed by atoms with Crippen molar-refractivity contribution in [3.63, 3.8) is 0 Å². The molecule has 0 spiro atoms. The molecule has 0 rings (SSSR count). The summed E-state index contributed by atoms with van der Waals surface area (Å²) in [5, 5.41) is 0. The van der Waals surface area contributed by atoms with E-state index in [1.165, 1.54) is 32.6 Å². The minimum atomic E-state index is -0.531. The molecule has 0 heterocycles.